The molecule has 0 saturated carbocycles. The molecule has 3 heterocycles. The molecule has 2 aliphatic heterocycles. The Bertz CT molecular complexity index is 469. The maximum Gasteiger partial charge on any atom is 0.242 e. The molecule has 6 heteroatoms. The molecule has 102 valence electrons. The van der Waals surface area contributed by atoms with Crippen molar-refractivity contribution in [3.8, 4) is 0 Å². The predicted molar refractivity (Wildman–Crippen MR) is 77.0 cm³/mol. The van der Waals surface area contributed by atoms with E-state index in [4.69, 9.17) is 0 Å². The second-order valence-corrected chi connectivity index (χ2v) is 6.84. The van der Waals surface area contributed by atoms with Crippen molar-refractivity contribution in [2.24, 2.45) is 0 Å². The van der Waals surface area contributed by atoms with Crippen molar-refractivity contribution in [3.63, 3.8) is 0 Å². The van der Waals surface area contributed by atoms with Crippen LogP contribution in [0.3, 0.4) is 0 Å². The summed E-state index contributed by atoms with van der Waals surface area (Å²) in [7, 11) is 0. The van der Waals surface area contributed by atoms with Crippen LogP contribution < -0.4 is 0 Å². The Labute approximate surface area is 120 Å². The highest BCUT2D eigenvalue weighted by atomic mass is 32.2. The highest BCUT2D eigenvalue weighted by Gasteiger charge is 2.35. The third kappa shape index (κ3) is 2.65. The fraction of sp³-hybridized carbons (Fsp3) is 0.538. The number of rotatable bonds is 3. The molecule has 3 rings (SSSR count). The number of thioether (sulfide) groups is 1. The summed E-state index contributed by atoms with van der Waals surface area (Å²) in [6, 6.07) is 4.03. The van der Waals surface area contributed by atoms with Crippen LogP contribution >= 0.6 is 23.1 Å². The van der Waals surface area contributed by atoms with Crippen molar-refractivity contribution in [2.75, 3.05) is 25.4 Å². The highest BCUT2D eigenvalue weighted by molar-refractivity contribution is 8.00. The van der Waals surface area contributed by atoms with Gasteiger partial charge in [-0.25, -0.2) is 0 Å². The summed E-state index contributed by atoms with van der Waals surface area (Å²) < 4.78 is 0. The lowest BCUT2D eigenvalue weighted by atomic mass is 10.3. The molecule has 0 radical (unpaired) electrons. The first-order valence-corrected chi connectivity index (χ1v) is 8.41. The Kier molecular flexibility index (Phi) is 3.79. The monoisotopic (exact) mass is 296 g/mol. The highest BCUT2D eigenvalue weighted by Crippen LogP contribution is 2.40. The van der Waals surface area contributed by atoms with Crippen LogP contribution in [0, 0.1) is 0 Å². The van der Waals surface area contributed by atoms with Crippen molar-refractivity contribution in [1.82, 2.24) is 9.80 Å². The molecule has 19 heavy (non-hydrogen) atoms. The molecule has 0 N–H and O–H groups in total. The molecule has 1 atom stereocenters. The van der Waals surface area contributed by atoms with E-state index in [0.717, 1.165) is 30.8 Å². The Morgan fingerprint density at radius 3 is 2.84 bits per heavy atom. The van der Waals surface area contributed by atoms with Gasteiger partial charge in [0.2, 0.25) is 11.8 Å². The summed E-state index contributed by atoms with van der Waals surface area (Å²) in [6.07, 6.45) is 2.17. The van der Waals surface area contributed by atoms with Crippen LogP contribution in [0.4, 0.5) is 0 Å². The van der Waals surface area contributed by atoms with Crippen LogP contribution in [0.1, 0.15) is 23.1 Å². The predicted octanol–water partition coefficient (Wildman–Crippen LogP) is 1.94. The number of carbonyl (C=O) groups is 2. The lowest BCUT2D eigenvalue weighted by Gasteiger charge is -2.25. The molecule has 0 aliphatic carbocycles. The number of thiophene rings is 1. The van der Waals surface area contributed by atoms with E-state index in [9.17, 15) is 9.59 Å². The fourth-order valence-corrected chi connectivity index (χ4v) is 4.67. The van der Waals surface area contributed by atoms with E-state index < -0.39 is 0 Å². The Hall–Kier alpha value is -1.01. The van der Waals surface area contributed by atoms with Crippen LogP contribution in [-0.2, 0) is 9.59 Å². The lowest BCUT2D eigenvalue weighted by molar-refractivity contribution is -0.138. The van der Waals surface area contributed by atoms with Gasteiger partial charge in [0.1, 0.15) is 11.9 Å². The molecular formula is C13H16N2O2S2. The van der Waals surface area contributed by atoms with E-state index in [1.165, 1.54) is 0 Å². The smallest absolute Gasteiger partial charge is 0.242 e. The molecule has 0 aromatic carbocycles. The summed E-state index contributed by atoms with van der Waals surface area (Å²) in [6.45, 7) is 1.92. The summed E-state index contributed by atoms with van der Waals surface area (Å²) in [5.41, 5.74) is 0. The third-order valence-electron chi connectivity index (χ3n) is 3.52. The van der Waals surface area contributed by atoms with Gasteiger partial charge in [-0.2, -0.15) is 0 Å². The molecule has 1 unspecified atom stereocenters. The molecule has 4 nitrogen and oxygen atoms in total. The molecule has 2 fully saturated rings. The van der Waals surface area contributed by atoms with Gasteiger partial charge in [-0.05, 0) is 24.3 Å². The topological polar surface area (TPSA) is 40.6 Å². The largest absolute Gasteiger partial charge is 0.341 e. The van der Waals surface area contributed by atoms with Crippen molar-refractivity contribution < 1.29 is 9.59 Å². The minimum absolute atomic E-state index is 0.0269. The first-order valence-electron chi connectivity index (χ1n) is 6.48. The second kappa shape index (κ2) is 5.54. The van der Waals surface area contributed by atoms with Crippen LogP contribution in [0.2, 0.25) is 0 Å². The first kappa shape index (κ1) is 13.0. The third-order valence-corrected chi connectivity index (χ3v) is 5.83. The second-order valence-electron chi connectivity index (χ2n) is 4.79. The van der Waals surface area contributed by atoms with Gasteiger partial charge in [-0.15, -0.1) is 23.1 Å². The minimum Gasteiger partial charge on any atom is -0.341 e. The van der Waals surface area contributed by atoms with Gasteiger partial charge < -0.3 is 9.80 Å². The van der Waals surface area contributed by atoms with E-state index in [2.05, 4.69) is 0 Å². The molecule has 1 aromatic rings. The Morgan fingerprint density at radius 1 is 1.37 bits per heavy atom. The van der Waals surface area contributed by atoms with Gasteiger partial charge in [-0.3, -0.25) is 9.59 Å². The number of hydrogen-bond acceptors (Lipinski definition) is 4. The number of carbonyl (C=O) groups excluding carboxylic acids is 2. The average molecular weight is 296 g/mol. The summed E-state index contributed by atoms with van der Waals surface area (Å²) >= 11 is 3.26. The molecule has 1 aromatic heterocycles. The molecular weight excluding hydrogens is 280 g/mol. The van der Waals surface area contributed by atoms with Crippen molar-refractivity contribution in [3.05, 3.63) is 22.4 Å². The Balaban J connectivity index is 1.70. The van der Waals surface area contributed by atoms with Gasteiger partial charge >= 0.3 is 0 Å². The first-order chi connectivity index (χ1) is 9.25. The molecule has 2 saturated heterocycles. The van der Waals surface area contributed by atoms with Crippen LogP contribution in [0.25, 0.3) is 0 Å². The zero-order valence-electron chi connectivity index (χ0n) is 10.6. The van der Waals surface area contributed by atoms with Gasteiger partial charge in [0, 0.05) is 18.0 Å². The normalized spacial score (nSPS) is 23.4. The quantitative estimate of drug-likeness (QED) is 0.856. The van der Waals surface area contributed by atoms with E-state index in [0.29, 0.717) is 5.75 Å². The zero-order valence-corrected chi connectivity index (χ0v) is 12.2. The van der Waals surface area contributed by atoms with Gasteiger partial charge in [-0.1, -0.05) is 6.07 Å². The van der Waals surface area contributed by atoms with E-state index >= 15 is 0 Å². The molecule has 2 aliphatic rings. The van der Waals surface area contributed by atoms with E-state index in [1.807, 2.05) is 22.4 Å². The Morgan fingerprint density at radius 2 is 2.16 bits per heavy atom. The van der Waals surface area contributed by atoms with E-state index in [1.54, 1.807) is 28.0 Å². The standard InChI is InChI=1S/C13H16N2O2S2/c16-11(14-5-1-2-6-14)8-15-12(17)9-19-13(15)10-4-3-7-18-10/h3-4,7,13H,1-2,5-6,8-9H2. The zero-order chi connectivity index (χ0) is 13.2. The molecule has 0 spiro atoms. The van der Waals surface area contributed by atoms with Crippen molar-refractivity contribution in [1.29, 1.82) is 0 Å². The van der Waals surface area contributed by atoms with E-state index in [-0.39, 0.29) is 23.7 Å². The fourth-order valence-electron chi connectivity index (χ4n) is 2.50. The van der Waals surface area contributed by atoms with Crippen molar-refractivity contribution in [2.45, 2.75) is 18.2 Å². The lowest BCUT2D eigenvalue weighted by Crippen LogP contribution is -2.40. The number of likely N-dealkylation sites (tertiary alicyclic amines) is 1. The number of hydrogen-bond donors (Lipinski definition) is 0. The average Bonchev–Trinajstić information content (AvgIpc) is 3.10. The molecule has 2 amide bonds. The van der Waals surface area contributed by atoms with Crippen molar-refractivity contribution >= 4 is 34.9 Å². The van der Waals surface area contributed by atoms with Gasteiger partial charge in [0.05, 0.1) is 5.75 Å². The van der Waals surface area contributed by atoms with Crippen LogP contribution in [0.15, 0.2) is 17.5 Å². The maximum atomic E-state index is 12.2. The summed E-state index contributed by atoms with van der Waals surface area (Å²) in [5, 5.41) is 2.04. The maximum absolute atomic E-state index is 12.2. The van der Waals surface area contributed by atoms with Crippen LogP contribution in [0.5, 0.6) is 0 Å². The summed E-state index contributed by atoms with van der Waals surface area (Å²) in [5.74, 6) is 0.654. The number of amides is 2. The van der Waals surface area contributed by atoms with Crippen LogP contribution in [-0.4, -0.2) is 47.0 Å². The number of nitrogens with zero attached hydrogens (tertiary/aromatic N) is 2. The minimum atomic E-state index is 0.0269. The van der Waals surface area contributed by atoms with Gasteiger partial charge in [0.25, 0.3) is 0 Å². The van der Waals surface area contributed by atoms with Gasteiger partial charge in [0.15, 0.2) is 0 Å². The SMILES string of the molecule is O=C(CN1C(=O)CSC1c1cccs1)N1CCCC1. The summed E-state index contributed by atoms with van der Waals surface area (Å²) in [4.78, 5) is 28.9. The molecule has 0 bridgehead atoms.